The van der Waals surface area contributed by atoms with Gasteiger partial charge in [-0.25, -0.2) is 0 Å². The van der Waals surface area contributed by atoms with Crippen LogP contribution in [-0.2, 0) is 6.54 Å². The van der Waals surface area contributed by atoms with Crippen molar-refractivity contribution in [2.45, 2.75) is 58.5 Å². The van der Waals surface area contributed by atoms with Gasteiger partial charge in [-0.1, -0.05) is 63.4 Å². The fourth-order valence-electron chi connectivity index (χ4n) is 1.95. The van der Waals surface area contributed by atoms with Gasteiger partial charge in [0.15, 0.2) is 0 Å². The van der Waals surface area contributed by atoms with Gasteiger partial charge in [-0.15, -0.1) is 0 Å². The molecule has 1 rings (SSSR count). The summed E-state index contributed by atoms with van der Waals surface area (Å²) in [6.07, 6.45) is 6.59. The van der Waals surface area contributed by atoms with Crippen molar-refractivity contribution in [2.24, 2.45) is 0 Å². The average molecular weight is 219 g/mol. The lowest BCUT2D eigenvalue weighted by atomic mass is 10.1. The van der Waals surface area contributed by atoms with Crippen molar-refractivity contribution >= 4 is 0 Å². The largest absolute Gasteiger partial charge is 0.310 e. The molecular weight excluding hydrogens is 194 g/mol. The van der Waals surface area contributed by atoms with Crippen LogP contribution in [0.5, 0.6) is 0 Å². The van der Waals surface area contributed by atoms with Crippen LogP contribution in [0.25, 0.3) is 0 Å². The molecule has 0 amide bonds. The molecule has 90 valence electrons. The zero-order chi connectivity index (χ0) is 11.6. The fourth-order valence-corrected chi connectivity index (χ4v) is 1.95. The molecule has 1 atom stereocenters. The highest BCUT2D eigenvalue weighted by Gasteiger charge is 2.04. The van der Waals surface area contributed by atoms with E-state index in [-0.39, 0.29) is 0 Å². The number of rotatable bonds is 8. The minimum Gasteiger partial charge on any atom is -0.310 e. The van der Waals surface area contributed by atoms with Gasteiger partial charge in [-0.3, -0.25) is 0 Å². The highest BCUT2D eigenvalue weighted by Crippen LogP contribution is 2.07. The smallest absolute Gasteiger partial charge is 0.0208 e. The number of hydrogen-bond acceptors (Lipinski definition) is 1. The summed E-state index contributed by atoms with van der Waals surface area (Å²) in [5.41, 5.74) is 1.39. The summed E-state index contributed by atoms with van der Waals surface area (Å²) >= 11 is 0. The Labute approximate surface area is 100 Å². The van der Waals surface area contributed by atoms with E-state index in [4.69, 9.17) is 0 Å². The molecule has 16 heavy (non-hydrogen) atoms. The lowest BCUT2D eigenvalue weighted by Gasteiger charge is -2.16. The maximum absolute atomic E-state index is 3.64. The number of hydrogen-bond donors (Lipinski definition) is 1. The maximum Gasteiger partial charge on any atom is 0.0208 e. The fraction of sp³-hybridized carbons (Fsp3) is 0.600. The van der Waals surface area contributed by atoms with Gasteiger partial charge in [0.1, 0.15) is 0 Å². The molecular formula is C15H25N. The van der Waals surface area contributed by atoms with Crippen LogP contribution in [0.4, 0.5) is 0 Å². The number of benzene rings is 1. The first kappa shape index (κ1) is 13.2. The molecule has 0 bridgehead atoms. The van der Waals surface area contributed by atoms with Crippen molar-refractivity contribution in [3.05, 3.63) is 35.9 Å². The Morgan fingerprint density at radius 1 is 1.06 bits per heavy atom. The van der Waals surface area contributed by atoms with Crippen LogP contribution in [0.2, 0.25) is 0 Å². The third kappa shape index (κ3) is 5.32. The Kier molecular flexibility index (Phi) is 6.91. The summed E-state index contributed by atoms with van der Waals surface area (Å²) < 4.78 is 0. The third-order valence-corrected chi connectivity index (χ3v) is 3.09. The summed E-state index contributed by atoms with van der Waals surface area (Å²) in [5, 5.41) is 3.64. The lowest BCUT2D eigenvalue weighted by Crippen LogP contribution is -2.27. The quantitative estimate of drug-likeness (QED) is 0.648. The van der Waals surface area contributed by atoms with Crippen LogP contribution in [0.15, 0.2) is 30.3 Å². The van der Waals surface area contributed by atoms with Gasteiger partial charge in [0.25, 0.3) is 0 Å². The van der Waals surface area contributed by atoms with Crippen LogP contribution >= 0.6 is 0 Å². The Bertz CT molecular complexity index is 255. The van der Waals surface area contributed by atoms with E-state index in [9.17, 15) is 0 Å². The predicted molar refractivity (Wildman–Crippen MR) is 71.5 cm³/mol. The minimum atomic E-state index is 0.687. The predicted octanol–water partition coefficient (Wildman–Crippen LogP) is 4.14. The first-order valence-electron chi connectivity index (χ1n) is 6.64. The van der Waals surface area contributed by atoms with Crippen LogP contribution in [-0.4, -0.2) is 6.04 Å². The van der Waals surface area contributed by atoms with E-state index in [1.807, 2.05) is 0 Å². The lowest BCUT2D eigenvalue weighted by molar-refractivity contribution is 0.446. The van der Waals surface area contributed by atoms with Crippen molar-refractivity contribution in [3.63, 3.8) is 0 Å². The van der Waals surface area contributed by atoms with Gasteiger partial charge < -0.3 is 5.32 Å². The van der Waals surface area contributed by atoms with E-state index in [2.05, 4.69) is 49.5 Å². The summed E-state index contributed by atoms with van der Waals surface area (Å²) in [7, 11) is 0. The maximum atomic E-state index is 3.64. The second-order valence-electron chi connectivity index (χ2n) is 4.47. The van der Waals surface area contributed by atoms with E-state index >= 15 is 0 Å². The zero-order valence-corrected chi connectivity index (χ0v) is 10.7. The molecule has 0 saturated heterocycles. The molecule has 0 aliphatic heterocycles. The molecule has 0 spiro atoms. The molecule has 0 aliphatic rings. The van der Waals surface area contributed by atoms with Gasteiger partial charge in [-0.05, 0) is 18.4 Å². The molecule has 1 aromatic rings. The first-order valence-corrected chi connectivity index (χ1v) is 6.64. The van der Waals surface area contributed by atoms with E-state index in [1.54, 1.807) is 0 Å². The molecule has 1 unspecified atom stereocenters. The topological polar surface area (TPSA) is 12.0 Å². The molecule has 1 aromatic carbocycles. The van der Waals surface area contributed by atoms with Crippen molar-refractivity contribution in [1.82, 2.24) is 5.32 Å². The van der Waals surface area contributed by atoms with Crippen LogP contribution < -0.4 is 5.32 Å². The van der Waals surface area contributed by atoms with Gasteiger partial charge in [0, 0.05) is 12.6 Å². The van der Waals surface area contributed by atoms with E-state index in [1.165, 1.54) is 37.7 Å². The standard InChI is InChI=1S/C15H25N/c1-3-5-7-12-15(4-2)16-13-14-10-8-6-9-11-14/h6,8-11,15-16H,3-5,7,12-13H2,1-2H3. The second kappa shape index (κ2) is 8.35. The van der Waals surface area contributed by atoms with Gasteiger partial charge >= 0.3 is 0 Å². The van der Waals surface area contributed by atoms with Crippen LogP contribution in [0, 0.1) is 0 Å². The van der Waals surface area contributed by atoms with Gasteiger partial charge in [-0.2, -0.15) is 0 Å². The zero-order valence-electron chi connectivity index (χ0n) is 10.7. The summed E-state index contributed by atoms with van der Waals surface area (Å²) in [6.45, 7) is 5.54. The van der Waals surface area contributed by atoms with E-state index in [0.717, 1.165) is 6.54 Å². The summed E-state index contributed by atoms with van der Waals surface area (Å²) in [4.78, 5) is 0. The average Bonchev–Trinajstić information content (AvgIpc) is 2.35. The summed E-state index contributed by atoms with van der Waals surface area (Å²) in [5.74, 6) is 0. The number of unbranched alkanes of at least 4 members (excludes halogenated alkanes) is 2. The Morgan fingerprint density at radius 2 is 1.81 bits per heavy atom. The minimum absolute atomic E-state index is 0.687. The molecule has 0 aliphatic carbocycles. The molecule has 0 radical (unpaired) electrons. The molecule has 1 N–H and O–H groups in total. The molecule has 1 heteroatoms. The van der Waals surface area contributed by atoms with E-state index < -0.39 is 0 Å². The Morgan fingerprint density at radius 3 is 2.44 bits per heavy atom. The van der Waals surface area contributed by atoms with Crippen molar-refractivity contribution in [1.29, 1.82) is 0 Å². The molecule has 0 saturated carbocycles. The Balaban J connectivity index is 2.23. The van der Waals surface area contributed by atoms with Gasteiger partial charge in [0.05, 0.1) is 0 Å². The first-order chi connectivity index (χ1) is 7.86. The van der Waals surface area contributed by atoms with Gasteiger partial charge in [0.2, 0.25) is 0 Å². The Hall–Kier alpha value is -0.820. The third-order valence-electron chi connectivity index (χ3n) is 3.09. The molecule has 0 fully saturated rings. The van der Waals surface area contributed by atoms with Crippen LogP contribution in [0.3, 0.4) is 0 Å². The van der Waals surface area contributed by atoms with Crippen molar-refractivity contribution in [3.8, 4) is 0 Å². The molecule has 0 aromatic heterocycles. The SMILES string of the molecule is CCCCCC(CC)NCc1ccccc1. The van der Waals surface area contributed by atoms with Crippen LogP contribution in [0.1, 0.15) is 51.5 Å². The van der Waals surface area contributed by atoms with Crippen molar-refractivity contribution < 1.29 is 0 Å². The highest BCUT2D eigenvalue weighted by atomic mass is 14.9. The highest BCUT2D eigenvalue weighted by molar-refractivity contribution is 5.14. The number of nitrogens with one attached hydrogen (secondary N) is 1. The van der Waals surface area contributed by atoms with E-state index in [0.29, 0.717) is 6.04 Å². The molecule has 1 nitrogen and oxygen atoms in total. The monoisotopic (exact) mass is 219 g/mol. The van der Waals surface area contributed by atoms with Crippen molar-refractivity contribution in [2.75, 3.05) is 0 Å². The second-order valence-corrected chi connectivity index (χ2v) is 4.47. The molecule has 0 heterocycles. The normalized spacial score (nSPS) is 12.6. The summed E-state index contributed by atoms with van der Waals surface area (Å²) in [6, 6.07) is 11.3.